The van der Waals surface area contributed by atoms with Crippen molar-refractivity contribution in [3.63, 3.8) is 0 Å². The smallest absolute Gasteiger partial charge is 0.459 e. The molecule has 5 nitrogen and oxygen atoms in total. The van der Waals surface area contributed by atoms with Crippen LogP contribution in [0.5, 0.6) is 5.75 Å². The molecule has 0 bridgehead atoms. The van der Waals surface area contributed by atoms with Crippen LogP contribution in [0, 0.1) is 17.5 Å². The van der Waals surface area contributed by atoms with Gasteiger partial charge in [-0.1, -0.05) is 24.3 Å². The first-order valence-corrected chi connectivity index (χ1v) is 10.8. The van der Waals surface area contributed by atoms with E-state index in [4.69, 9.17) is 4.74 Å². The van der Waals surface area contributed by atoms with Crippen LogP contribution in [0.2, 0.25) is 0 Å². The van der Waals surface area contributed by atoms with Gasteiger partial charge in [-0.15, -0.1) is 13.2 Å². The summed E-state index contributed by atoms with van der Waals surface area (Å²) in [4.78, 5) is 26.5. The number of amides is 1. The minimum atomic E-state index is -4.92. The van der Waals surface area contributed by atoms with E-state index >= 15 is 0 Å². The van der Waals surface area contributed by atoms with Crippen molar-refractivity contribution in [2.24, 2.45) is 0 Å². The van der Waals surface area contributed by atoms with Gasteiger partial charge in [-0.2, -0.15) is 0 Å². The molecule has 0 aromatic heterocycles. The van der Waals surface area contributed by atoms with Crippen molar-refractivity contribution in [1.29, 1.82) is 0 Å². The molecule has 0 fully saturated rings. The third-order valence-electron chi connectivity index (χ3n) is 4.73. The number of nitrogens with zero attached hydrogens (tertiary/aromatic N) is 1. The molecule has 0 saturated carbocycles. The topological polar surface area (TPSA) is 55.8 Å². The van der Waals surface area contributed by atoms with Crippen molar-refractivity contribution >= 4 is 17.6 Å². The maximum absolute atomic E-state index is 14.4. The van der Waals surface area contributed by atoms with Crippen LogP contribution in [0.4, 0.5) is 32.0 Å². The van der Waals surface area contributed by atoms with Gasteiger partial charge in [0.25, 0.3) is 5.91 Å². The van der Waals surface area contributed by atoms with E-state index in [1.807, 2.05) is 0 Å². The number of carbonyl (C=O) groups is 2. The number of hydrogen-bond acceptors (Lipinski definition) is 4. The zero-order valence-electron chi connectivity index (χ0n) is 19.8. The lowest BCUT2D eigenvalue weighted by molar-refractivity contribution is -0.274. The van der Waals surface area contributed by atoms with Crippen molar-refractivity contribution in [1.82, 2.24) is 0 Å². The monoisotopic (exact) mass is 525 g/mol. The molecule has 0 aliphatic heterocycles. The Balaban J connectivity index is 2.05. The molecule has 3 rings (SSSR count). The second-order valence-corrected chi connectivity index (χ2v) is 8.85. The average molecular weight is 525 g/mol. The zero-order chi connectivity index (χ0) is 27.5. The van der Waals surface area contributed by atoms with Gasteiger partial charge in [0.1, 0.15) is 40.9 Å². The highest BCUT2D eigenvalue weighted by molar-refractivity contribution is 6.09. The summed E-state index contributed by atoms with van der Waals surface area (Å²) in [5, 5.41) is 0. The Morgan fingerprint density at radius 3 is 1.97 bits per heavy atom. The van der Waals surface area contributed by atoms with Crippen LogP contribution in [0.25, 0.3) is 11.1 Å². The summed E-state index contributed by atoms with van der Waals surface area (Å²) in [6.07, 6.45) is -4.92. The van der Waals surface area contributed by atoms with E-state index in [1.54, 1.807) is 20.8 Å². The normalized spacial score (nSPS) is 11.7. The van der Waals surface area contributed by atoms with E-state index in [0.717, 1.165) is 17.0 Å². The zero-order valence-corrected chi connectivity index (χ0v) is 19.8. The van der Waals surface area contributed by atoms with Gasteiger partial charge in [0.05, 0.1) is 0 Å². The maximum atomic E-state index is 14.4. The highest BCUT2D eigenvalue weighted by atomic mass is 19.4. The van der Waals surface area contributed by atoms with E-state index in [2.05, 4.69) is 4.74 Å². The number of esters is 1. The summed E-state index contributed by atoms with van der Waals surface area (Å²) in [5.74, 6) is -6.91. The Kier molecular flexibility index (Phi) is 7.85. The molecular formula is C26H21F6NO4. The van der Waals surface area contributed by atoms with Gasteiger partial charge >= 0.3 is 12.3 Å². The summed E-state index contributed by atoms with van der Waals surface area (Å²) in [5.41, 5.74) is -1.52. The van der Waals surface area contributed by atoms with E-state index in [-0.39, 0.29) is 11.3 Å². The fourth-order valence-corrected chi connectivity index (χ4v) is 3.39. The second-order valence-electron chi connectivity index (χ2n) is 8.85. The maximum Gasteiger partial charge on any atom is 0.573 e. The Bertz CT molecular complexity index is 1290. The Morgan fingerprint density at radius 2 is 1.41 bits per heavy atom. The van der Waals surface area contributed by atoms with Crippen LogP contribution in [0.3, 0.4) is 0 Å². The molecule has 0 spiro atoms. The van der Waals surface area contributed by atoms with Crippen LogP contribution in [0.1, 0.15) is 31.1 Å². The third kappa shape index (κ3) is 7.48. The highest BCUT2D eigenvalue weighted by Gasteiger charge is 2.31. The van der Waals surface area contributed by atoms with Gasteiger partial charge in [0.2, 0.25) is 0 Å². The molecule has 37 heavy (non-hydrogen) atoms. The summed E-state index contributed by atoms with van der Waals surface area (Å²) < 4.78 is 89.3. The van der Waals surface area contributed by atoms with E-state index < -0.39 is 59.1 Å². The Morgan fingerprint density at radius 1 is 0.838 bits per heavy atom. The molecule has 0 aliphatic rings. The average Bonchev–Trinajstić information content (AvgIpc) is 2.74. The summed E-state index contributed by atoms with van der Waals surface area (Å²) in [6.45, 7) is 3.96. The second kappa shape index (κ2) is 10.5. The first-order chi connectivity index (χ1) is 17.1. The first-order valence-electron chi connectivity index (χ1n) is 10.8. The van der Waals surface area contributed by atoms with Crippen molar-refractivity contribution in [3.05, 3.63) is 83.7 Å². The van der Waals surface area contributed by atoms with Crippen molar-refractivity contribution in [2.75, 3.05) is 11.4 Å². The standard InChI is InChI=1S/C26H21F6NO4/c1-25(2,3)37-22(34)14-33(24(35)23-20(28)12-17(27)13-21(23)29)18-8-4-6-15(10-18)16-7-5-9-19(11-16)36-26(30,31)32/h4-13H,14H2,1-3H3. The van der Waals surface area contributed by atoms with Gasteiger partial charge in [0, 0.05) is 17.8 Å². The highest BCUT2D eigenvalue weighted by Crippen LogP contribution is 2.31. The van der Waals surface area contributed by atoms with Crippen molar-refractivity contribution < 1.29 is 45.4 Å². The summed E-state index contributed by atoms with van der Waals surface area (Å²) >= 11 is 0. The number of halogens is 6. The quantitative estimate of drug-likeness (QED) is 0.267. The van der Waals surface area contributed by atoms with Crippen LogP contribution >= 0.6 is 0 Å². The Hall–Kier alpha value is -4.02. The molecule has 0 N–H and O–H groups in total. The van der Waals surface area contributed by atoms with Gasteiger partial charge < -0.3 is 9.47 Å². The van der Waals surface area contributed by atoms with Gasteiger partial charge in [-0.05, 0) is 56.2 Å². The number of alkyl halides is 3. The lowest BCUT2D eigenvalue weighted by Crippen LogP contribution is -2.39. The number of benzene rings is 3. The van der Waals surface area contributed by atoms with E-state index in [0.29, 0.717) is 17.7 Å². The fourth-order valence-electron chi connectivity index (χ4n) is 3.39. The summed E-state index contributed by atoms with van der Waals surface area (Å²) in [6, 6.07) is 11.2. The van der Waals surface area contributed by atoms with Crippen LogP contribution in [0.15, 0.2) is 60.7 Å². The molecule has 196 valence electrons. The predicted molar refractivity (Wildman–Crippen MR) is 122 cm³/mol. The molecule has 0 saturated heterocycles. The molecule has 0 aliphatic carbocycles. The fraction of sp³-hybridized carbons (Fsp3) is 0.231. The summed E-state index contributed by atoms with van der Waals surface area (Å²) in [7, 11) is 0. The van der Waals surface area contributed by atoms with Crippen LogP contribution < -0.4 is 9.64 Å². The van der Waals surface area contributed by atoms with E-state index in [9.17, 15) is 35.9 Å². The van der Waals surface area contributed by atoms with Gasteiger partial charge in [-0.25, -0.2) is 13.2 Å². The van der Waals surface area contributed by atoms with Gasteiger partial charge in [0.15, 0.2) is 0 Å². The largest absolute Gasteiger partial charge is 0.573 e. The minimum absolute atomic E-state index is 0.0290. The number of anilines is 1. The van der Waals surface area contributed by atoms with Crippen LogP contribution in [-0.2, 0) is 9.53 Å². The van der Waals surface area contributed by atoms with E-state index in [1.165, 1.54) is 36.4 Å². The lowest BCUT2D eigenvalue weighted by atomic mass is 10.0. The molecule has 0 heterocycles. The molecule has 11 heteroatoms. The van der Waals surface area contributed by atoms with Gasteiger partial charge in [-0.3, -0.25) is 14.5 Å². The van der Waals surface area contributed by atoms with Crippen molar-refractivity contribution in [2.45, 2.75) is 32.7 Å². The third-order valence-corrected chi connectivity index (χ3v) is 4.73. The molecule has 3 aromatic rings. The lowest BCUT2D eigenvalue weighted by Gasteiger charge is -2.26. The molecular weight excluding hydrogens is 504 g/mol. The minimum Gasteiger partial charge on any atom is -0.459 e. The molecule has 3 aromatic carbocycles. The first kappa shape index (κ1) is 27.6. The SMILES string of the molecule is CC(C)(C)OC(=O)CN(C(=O)c1c(F)cc(F)cc1F)c1cccc(-c2cccc(OC(F)(F)F)c2)c1. The number of rotatable bonds is 6. The number of carbonyl (C=O) groups excluding carboxylic acids is 2. The molecule has 0 atom stereocenters. The predicted octanol–water partition coefficient (Wildman–Crippen LogP) is 6.66. The van der Waals surface area contributed by atoms with Crippen molar-refractivity contribution in [3.8, 4) is 16.9 Å². The molecule has 1 amide bonds. The van der Waals surface area contributed by atoms with Crippen LogP contribution in [-0.4, -0.2) is 30.4 Å². The molecule has 0 unspecified atom stereocenters. The molecule has 0 radical (unpaired) electrons. The number of ether oxygens (including phenoxy) is 2. The number of hydrogen-bond donors (Lipinski definition) is 0. The Labute approximate surface area is 208 Å².